The highest BCUT2D eigenvalue weighted by atomic mass is 16.6. The number of hydrogen-bond acceptors (Lipinski definition) is 3. The van der Waals surface area contributed by atoms with Crippen LogP contribution in [0, 0.1) is 6.92 Å². The van der Waals surface area contributed by atoms with Crippen molar-refractivity contribution in [1.29, 1.82) is 0 Å². The first-order valence-corrected chi connectivity index (χ1v) is 8.34. The van der Waals surface area contributed by atoms with Gasteiger partial charge in [0.25, 0.3) is 0 Å². The SMILES string of the molecule is CC.CC.Cc1cnc(CCCCNC(=O)OC(C)(C)C)[nH]1. The van der Waals surface area contributed by atoms with E-state index in [0.717, 1.165) is 30.8 Å². The fraction of sp³-hybridized carbons (Fsp3) is 0.765. The van der Waals surface area contributed by atoms with Crippen molar-refractivity contribution in [2.24, 2.45) is 0 Å². The third-order valence-electron chi connectivity index (χ3n) is 2.26. The number of aromatic amines is 1. The van der Waals surface area contributed by atoms with Crippen LogP contribution < -0.4 is 5.32 Å². The second-order valence-electron chi connectivity index (χ2n) is 5.40. The minimum Gasteiger partial charge on any atom is -0.444 e. The van der Waals surface area contributed by atoms with E-state index >= 15 is 0 Å². The first-order chi connectivity index (χ1) is 10.4. The number of nitrogens with one attached hydrogen (secondary N) is 2. The van der Waals surface area contributed by atoms with Crippen LogP contribution in [0.3, 0.4) is 0 Å². The maximum absolute atomic E-state index is 11.3. The summed E-state index contributed by atoms with van der Waals surface area (Å²) >= 11 is 0. The van der Waals surface area contributed by atoms with Gasteiger partial charge in [-0.2, -0.15) is 0 Å². The molecule has 130 valence electrons. The molecule has 0 aliphatic carbocycles. The van der Waals surface area contributed by atoms with Gasteiger partial charge in [-0.25, -0.2) is 9.78 Å². The molecular weight excluding hydrogens is 278 g/mol. The van der Waals surface area contributed by atoms with Gasteiger partial charge in [-0.3, -0.25) is 0 Å². The van der Waals surface area contributed by atoms with Crippen molar-refractivity contribution in [3.63, 3.8) is 0 Å². The first kappa shape index (κ1) is 22.8. The number of carbonyl (C=O) groups excluding carboxylic acids is 1. The molecule has 0 aliphatic rings. The Morgan fingerprint density at radius 3 is 2.27 bits per heavy atom. The van der Waals surface area contributed by atoms with Crippen LogP contribution in [0.1, 0.15) is 72.8 Å². The molecular formula is C17H35N3O2. The number of hydrogen-bond donors (Lipinski definition) is 2. The smallest absolute Gasteiger partial charge is 0.407 e. The largest absolute Gasteiger partial charge is 0.444 e. The van der Waals surface area contributed by atoms with Gasteiger partial charge in [0.15, 0.2) is 0 Å². The Balaban J connectivity index is 0. The summed E-state index contributed by atoms with van der Waals surface area (Å²) in [6.07, 6.45) is 4.29. The quantitative estimate of drug-likeness (QED) is 0.780. The molecule has 1 amide bonds. The van der Waals surface area contributed by atoms with E-state index in [-0.39, 0.29) is 6.09 Å². The van der Waals surface area contributed by atoms with E-state index in [1.54, 1.807) is 0 Å². The van der Waals surface area contributed by atoms with Gasteiger partial charge in [0, 0.05) is 24.9 Å². The molecule has 5 heteroatoms. The number of amides is 1. The maximum Gasteiger partial charge on any atom is 0.407 e. The average molecular weight is 313 g/mol. The molecule has 1 aromatic heterocycles. The summed E-state index contributed by atoms with van der Waals surface area (Å²) in [6.45, 7) is 16.2. The summed E-state index contributed by atoms with van der Waals surface area (Å²) < 4.78 is 5.14. The van der Waals surface area contributed by atoms with Crippen LogP contribution in [0.15, 0.2) is 6.20 Å². The normalized spacial score (nSPS) is 9.82. The molecule has 0 atom stereocenters. The molecule has 1 rings (SSSR count). The highest BCUT2D eigenvalue weighted by molar-refractivity contribution is 5.67. The molecule has 0 aliphatic heterocycles. The molecule has 0 aromatic carbocycles. The number of aryl methyl sites for hydroxylation is 2. The lowest BCUT2D eigenvalue weighted by molar-refractivity contribution is 0.0527. The van der Waals surface area contributed by atoms with Crippen molar-refractivity contribution in [3.8, 4) is 0 Å². The van der Waals surface area contributed by atoms with E-state index in [4.69, 9.17) is 4.74 Å². The summed E-state index contributed by atoms with van der Waals surface area (Å²) in [5.41, 5.74) is 0.646. The highest BCUT2D eigenvalue weighted by Gasteiger charge is 2.15. The summed E-state index contributed by atoms with van der Waals surface area (Å²) in [6, 6.07) is 0. The molecule has 0 fully saturated rings. The van der Waals surface area contributed by atoms with Gasteiger partial charge in [0.1, 0.15) is 11.4 Å². The minimum atomic E-state index is -0.435. The number of H-pyrrole nitrogens is 1. The van der Waals surface area contributed by atoms with Crippen LogP contribution in [-0.2, 0) is 11.2 Å². The zero-order chi connectivity index (χ0) is 17.6. The van der Waals surface area contributed by atoms with E-state index in [1.165, 1.54) is 0 Å². The predicted molar refractivity (Wildman–Crippen MR) is 93.2 cm³/mol. The Morgan fingerprint density at radius 2 is 1.82 bits per heavy atom. The fourth-order valence-electron chi connectivity index (χ4n) is 1.52. The Labute approximate surface area is 136 Å². The number of carbonyl (C=O) groups is 1. The van der Waals surface area contributed by atoms with Crippen LogP contribution >= 0.6 is 0 Å². The van der Waals surface area contributed by atoms with Crippen molar-refractivity contribution in [2.45, 2.75) is 80.3 Å². The number of imidazole rings is 1. The molecule has 22 heavy (non-hydrogen) atoms. The minimum absolute atomic E-state index is 0.351. The van der Waals surface area contributed by atoms with Crippen molar-refractivity contribution < 1.29 is 9.53 Å². The van der Waals surface area contributed by atoms with Crippen LogP contribution in [0.2, 0.25) is 0 Å². The number of nitrogens with zero attached hydrogens (tertiary/aromatic N) is 1. The van der Waals surface area contributed by atoms with E-state index in [0.29, 0.717) is 6.54 Å². The Hall–Kier alpha value is -1.52. The predicted octanol–water partition coefficient (Wildman–Crippen LogP) is 4.62. The van der Waals surface area contributed by atoms with Gasteiger partial charge in [-0.1, -0.05) is 27.7 Å². The van der Waals surface area contributed by atoms with Crippen LogP contribution in [0.25, 0.3) is 0 Å². The first-order valence-electron chi connectivity index (χ1n) is 8.34. The van der Waals surface area contributed by atoms with Crippen LogP contribution in [-0.4, -0.2) is 28.2 Å². The monoisotopic (exact) mass is 313 g/mol. The molecule has 1 aromatic rings. The molecule has 0 bridgehead atoms. The molecule has 0 saturated heterocycles. The summed E-state index contributed by atoms with van der Waals surface area (Å²) in [4.78, 5) is 18.8. The Kier molecular flexibility index (Phi) is 13.6. The van der Waals surface area contributed by atoms with Gasteiger partial charge in [0.05, 0.1) is 0 Å². The second kappa shape index (κ2) is 13.2. The maximum atomic E-state index is 11.3. The molecule has 0 spiro atoms. The topological polar surface area (TPSA) is 67.0 Å². The van der Waals surface area contributed by atoms with E-state index < -0.39 is 5.60 Å². The van der Waals surface area contributed by atoms with E-state index in [2.05, 4.69) is 15.3 Å². The third kappa shape index (κ3) is 13.5. The van der Waals surface area contributed by atoms with Gasteiger partial charge in [-0.15, -0.1) is 0 Å². The number of alkyl carbamates (subject to hydrolysis) is 1. The molecule has 0 radical (unpaired) electrons. The molecule has 1 heterocycles. The zero-order valence-corrected chi connectivity index (χ0v) is 15.7. The third-order valence-corrected chi connectivity index (χ3v) is 2.26. The van der Waals surface area contributed by atoms with Crippen molar-refractivity contribution in [2.75, 3.05) is 6.54 Å². The van der Waals surface area contributed by atoms with Crippen LogP contribution in [0.4, 0.5) is 4.79 Å². The Morgan fingerprint density at radius 1 is 1.23 bits per heavy atom. The fourth-order valence-corrected chi connectivity index (χ4v) is 1.52. The lowest BCUT2D eigenvalue weighted by Crippen LogP contribution is -2.33. The standard InChI is InChI=1S/C13H23N3O2.2C2H6/c1-10-9-15-11(16-10)7-5-6-8-14-12(17)18-13(2,3)4;2*1-2/h9H,5-8H2,1-4H3,(H,14,17)(H,15,16);2*1-2H3. The summed E-state index contributed by atoms with van der Waals surface area (Å²) in [7, 11) is 0. The molecule has 5 nitrogen and oxygen atoms in total. The summed E-state index contributed by atoms with van der Waals surface area (Å²) in [5.74, 6) is 1.00. The van der Waals surface area contributed by atoms with Gasteiger partial charge < -0.3 is 15.0 Å². The zero-order valence-electron chi connectivity index (χ0n) is 15.7. The van der Waals surface area contributed by atoms with Gasteiger partial charge in [-0.05, 0) is 40.5 Å². The number of ether oxygens (including phenoxy) is 1. The number of aromatic nitrogens is 2. The molecule has 0 saturated carbocycles. The highest BCUT2D eigenvalue weighted by Crippen LogP contribution is 2.06. The van der Waals surface area contributed by atoms with Crippen molar-refractivity contribution in [1.82, 2.24) is 15.3 Å². The second-order valence-corrected chi connectivity index (χ2v) is 5.40. The molecule has 0 unspecified atom stereocenters. The number of unbranched alkanes of at least 4 members (excludes halogenated alkanes) is 1. The van der Waals surface area contributed by atoms with Crippen molar-refractivity contribution in [3.05, 3.63) is 17.7 Å². The lowest BCUT2D eigenvalue weighted by atomic mass is 10.2. The van der Waals surface area contributed by atoms with Gasteiger partial charge in [0.2, 0.25) is 0 Å². The molecule has 2 N–H and O–H groups in total. The van der Waals surface area contributed by atoms with Gasteiger partial charge >= 0.3 is 6.09 Å². The average Bonchev–Trinajstić information content (AvgIpc) is 2.86. The summed E-state index contributed by atoms with van der Waals surface area (Å²) in [5, 5.41) is 2.74. The Bertz CT molecular complexity index is 382. The van der Waals surface area contributed by atoms with E-state index in [9.17, 15) is 4.79 Å². The van der Waals surface area contributed by atoms with Crippen LogP contribution in [0.5, 0.6) is 0 Å². The van der Waals surface area contributed by atoms with E-state index in [1.807, 2.05) is 61.6 Å². The number of rotatable bonds is 5. The van der Waals surface area contributed by atoms with Crippen molar-refractivity contribution >= 4 is 6.09 Å². The lowest BCUT2D eigenvalue weighted by Gasteiger charge is -2.19.